The van der Waals surface area contributed by atoms with Gasteiger partial charge in [0.15, 0.2) is 5.11 Å². The van der Waals surface area contributed by atoms with Crippen LogP contribution < -0.4 is 5.32 Å². The molecule has 0 aromatic rings. The molecular formula is C8H12N2O3S. The minimum atomic E-state index is -0.902. The lowest BCUT2D eigenvalue weighted by Crippen LogP contribution is -2.31. The lowest BCUT2D eigenvalue weighted by Gasteiger charge is -2.10. The van der Waals surface area contributed by atoms with Gasteiger partial charge >= 0.3 is 5.97 Å². The summed E-state index contributed by atoms with van der Waals surface area (Å²) >= 11 is 4.92. The second kappa shape index (κ2) is 4.36. The first-order valence-electron chi connectivity index (χ1n) is 4.40. The number of carbonyl (C=O) groups is 2. The van der Waals surface area contributed by atoms with E-state index in [0.29, 0.717) is 11.7 Å². The van der Waals surface area contributed by atoms with Gasteiger partial charge in [0.05, 0.1) is 0 Å². The first kappa shape index (κ1) is 10.9. The van der Waals surface area contributed by atoms with Gasteiger partial charge in [0.25, 0.3) is 5.91 Å². The smallest absolute Gasteiger partial charge is 0.303 e. The number of hydrogen-bond acceptors (Lipinski definition) is 3. The first-order valence-corrected chi connectivity index (χ1v) is 4.80. The van der Waals surface area contributed by atoms with Crippen molar-refractivity contribution in [3.8, 4) is 0 Å². The number of nitrogens with zero attached hydrogens (tertiary/aromatic N) is 1. The molecule has 0 spiro atoms. The molecule has 1 atom stereocenters. The second-order valence-corrected chi connectivity index (χ2v) is 3.40. The molecule has 0 bridgehead atoms. The molecule has 1 aliphatic rings. The Morgan fingerprint density at radius 1 is 1.71 bits per heavy atom. The molecule has 0 radical (unpaired) electrons. The van der Waals surface area contributed by atoms with Gasteiger partial charge in [0.1, 0.15) is 6.04 Å². The Bertz CT molecular complexity index is 280. The van der Waals surface area contributed by atoms with Crippen molar-refractivity contribution in [2.75, 3.05) is 6.54 Å². The number of amides is 1. The van der Waals surface area contributed by atoms with Gasteiger partial charge < -0.3 is 10.4 Å². The molecule has 1 heterocycles. The number of nitrogens with one attached hydrogen (secondary N) is 1. The topological polar surface area (TPSA) is 69.6 Å². The van der Waals surface area contributed by atoms with Gasteiger partial charge in [-0.1, -0.05) is 0 Å². The van der Waals surface area contributed by atoms with Gasteiger partial charge in [0, 0.05) is 13.0 Å². The van der Waals surface area contributed by atoms with Crippen molar-refractivity contribution in [2.45, 2.75) is 25.8 Å². The van der Waals surface area contributed by atoms with Crippen molar-refractivity contribution in [2.24, 2.45) is 0 Å². The zero-order valence-electron chi connectivity index (χ0n) is 7.82. The van der Waals surface area contributed by atoms with Crippen LogP contribution in [0.3, 0.4) is 0 Å². The van der Waals surface area contributed by atoms with E-state index in [9.17, 15) is 9.59 Å². The van der Waals surface area contributed by atoms with Crippen LogP contribution in [0, 0.1) is 0 Å². The Hall–Kier alpha value is -1.17. The summed E-state index contributed by atoms with van der Waals surface area (Å²) < 4.78 is 0. The number of likely N-dealkylation sites (N-methyl/N-ethyl adjacent to an activating group) is 1. The van der Waals surface area contributed by atoms with Crippen LogP contribution in [0.25, 0.3) is 0 Å². The van der Waals surface area contributed by atoms with E-state index >= 15 is 0 Å². The van der Waals surface area contributed by atoms with Crippen LogP contribution in [0.2, 0.25) is 0 Å². The minimum Gasteiger partial charge on any atom is -0.481 e. The van der Waals surface area contributed by atoms with Crippen molar-refractivity contribution in [1.29, 1.82) is 0 Å². The largest absolute Gasteiger partial charge is 0.481 e. The molecule has 6 heteroatoms. The zero-order valence-corrected chi connectivity index (χ0v) is 8.63. The van der Waals surface area contributed by atoms with Crippen LogP contribution in [0.5, 0.6) is 0 Å². The second-order valence-electron chi connectivity index (χ2n) is 3.02. The highest BCUT2D eigenvalue weighted by atomic mass is 32.1. The Morgan fingerprint density at radius 2 is 2.36 bits per heavy atom. The van der Waals surface area contributed by atoms with Crippen LogP contribution in [-0.2, 0) is 9.59 Å². The third-order valence-corrected chi connectivity index (χ3v) is 2.41. The number of rotatable bonds is 4. The van der Waals surface area contributed by atoms with Crippen LogP contribution in [-0.4, -0.2) is 39.6 Å². The summed E-state index contributed by atoms with van der Waals surface area (Å²) in [6, 6.07) is -0.460. The van der Waals surface area contributed by atoms with Gasteiger partial charge in [-0.25, -0.2) is 0 Å². The normalized spacial score (nSPS) is 21.2. The molecule has 1 fully saturated rings. The van der Waals surface area contributed by atoms with Gasteiger partial charge in [-0.15, -0.1) is 0 Å². The minimum absolute atomic E-state index is 0.0242. The molecule has 5 nitrogen and oxygen atoms in total. The van der Waals surface area contributed by atoms with Crippen molar-refractivity contribution in [3.05, 3.63) is 0 Å². The van der Waals surface area contributed by atoms with E-state index in [0.717, 1.165) is 0 Å². The Labute approximate surface area is 87.1 Å². The fourth-order valence-corrected chi connectivity index (χ4v) is 1.70. The summed E-state index contributed by atoms with van der Waals surface area (Å²) in [6.07, 6.45) is 0.258. The van der Waals surface area contributed by atoms with Crippen molar-refractivity contribution in [3.63, 3.8) is 0 Å². The van der Waals surface area contributed by atoms with Crippen molar-refractivity contribution >= 4 is 29.2 Å². The third-order valence-electron chi connectivity index (χ3n) is 2.07. The molecule has 0 saturated carbocycles. The first-order chi connectivity index (χ1) is 6.56. The standard InChI is InChI=1S/C8H12N2O3S/c1-2-10-7(13)5(9-8(10)14)3-4-6(11)12/h5H,2-4H2,1H3,(H,9,14)(H,11,12)/t5-/m0/s1. The summed E-state index contributed by atoms with van der Waals surface area (Å²) in [5, 5.41) is 11.7. The van der Waals surface area contributed by atoms with Crippen molar-refractivity contribution in [1.82, 2.24) is 10.2 Å². The van der Waals surface area contributed by atoms with E-state index in [-0.39, 0.29) is 18.7 Å². The number of carboxylic acids is 1. The molecule has 0 aliphatic carbocycles. The van der Waals surface area contributed by atoms with E-state index in [1.165, 1.54) is 4.90 Å². The highest BCUT2D eigenvalue weighted by molar-refractivity contribution is 7.80. The molecule has 0 aromatic carbocycles. The molecule has 14 heavy (non-hydrogen) atoms. The molecular weight excluding hydrogens is 204 g/mol. The van der Waals surface area contributed by atoms with Crippen molar-refractivity contribution < 1.29 is 14.7 Å². The maximum Gasteiger partial charge on any atom is 0.303 e. The van der Waals surface area contributed by atoms with Crippen LogP contribution in [0.4, 0.5) is 0 Å². The van der Waals surface area contributed by atoms with Crippen LogP contribution >= 0.6 is 12.2 Å². The fraction of sp³-hybridized carbons (Fsp3) is 0.625. The summed E-state index contributed by atoms with van der Waals surface area (Å²) in [5.74, 6) is -1.03. The van der Waals surface area contributed by atoms with E-state index < -0.39 is 12.0 Å². The SMILES string of the molecule is CCN1C(=O)[C@H](CCC(=O)O)NC1=S. The highest BCUT2D eigenvalue weighted by Crippen LogP contribution is 2.10. The van der Waals surface area contributed by atoms with E-state index in [1.807, 2.05) is 6.92 Å². The van der Waals surface area contributed by atoms with Gasteiger partial charge in [-0.05, 0) is 25.6 Å². The lowest BCUT2D eigenvalue weighted by atomic mass is 10.1. The lowest BCUT2D eigenvalue weighted by molar-refractivity contribution is -0.137. The molecule has 2 N–H and O–H groups in total. The molecule has 1 saturated heterocycles. The Balaban J connectivity index is 2.53. The zero-order chi connectivity index (χ0) is 10.7. The van der Waals surface area contributed by atoms with Crippen LogP contribution in [0.1, 0.15) is 19.8 Å². The predicted molar refractivity (Wildman–Crippen MR) is 53.8 cm³/mol. The number of thiocarbonyl (C=S) groups is 1. The maximum atomic E-state index is 11.5. The number of carboxylic acid groups (broad SMARTS) is 1. The molecule has 78 valence electrons. The summed E-state index contributed by atoms with van der Waals surface area (Å²) in [5.41, 5.74) is 0. The molecule has 1 rings (SSSR count). The average molecular weight is 216 g/mol. The van der Waals surface area contributed by atoms with E-state index in [1.54, 1.807) is 0 Å². The maximum absolute atomic E-state index is 11.5. The van der Waals surface area contributed by atoms with Gasteiger partial charge in [0.2, 0.25) is 0 Å². The average Bonchev–Trinajstić information content (AvgIpc) is 2.38. The highest BCUT2D eigenvalue weighted by Gasteiger charge is 2.33. The molecule has 0 aromatic heterocycles. The van der Waals surface area contributed by atoms with Gasteiger partial charge in [-0.3, -0.25) is 14.5 Å². The third kappa shape index (κ3) is 2.20. The summed E-state index contributed by atoms with van der Waals surface area (Å²) in [6.45, 7) is 2.35. The number of hydrogen-bond donors (Lipinski definition) is 2. The quantitative estimate of drug-likeness (QED) is 0.645. The molecule has 0 unspecified atom stereocenters. The predicted octanol–water partition coefficient (Wildman–Crippen LogP) is -0.0436. The van der Waals surface area contributed by atoms with E-state index in [2.05, 4.69) is 5.32 Å². The molecule has 1 aliphatic heterocycles. The van der Waals surface area contributed by atoms with E-state index in [4.69, 9.17) is 17.3 Å². The summed E-state index contributed by atoms with van der Waals surface area (Å²) in [4.78, 5) is 23.3. The Kier molecular flexibility index (Phi) is 3.40. The fourth-order valence-electron chi connectivity index (χ4n) is 1.34. The number of aliphatic carboxylic acids is 1. The monoisotopic (exact) mass is 216 g/mol. The number of carbonyl (C=O) groups excluding carboxylic acids is 1. The van der Waals surface area contributed by atoms with Gasteiger partial charge in [-0.2, -0.15) is 0 Å². The van der Waals surface area contributed by atoms with Crippen LogP contribution in [0.15, 0.2) is 0 Å². The summed E-state index contributed by atoms with van der Waals surface area (Å²) in [7, 11) is 0. The Morgan fingerprint density at radius 3 is 2.79 bits per heavy atom. The molecule has 1 amide bonds.